The summed E-state index contributed by atoms with van der Waals surface area (Å²) in [5.74, 6) is 0. The Bertz CT molecular complexity index is 867. The molecule has 0 saturated heterocycles. The summed E-state index contributed by atoms with van der Waals surface area (Å²) in [6, 6.07) is 18.0. The quantitative estimate of drug-likeness (QED) is 0.695. The molecule has 2 aromatic carbocycles. The first-order valence-corrected chi connectivity index (χ1v) is 7.15. The van der Waals surface area contributed by atoms with E-state index in [0.717, 1.165) is 10.4 Å². The van der Waals surface area contributed by atoms with Gasteiger partial charge in [-0.25, -0.2) is 10.2 Å². The van der Waals surface area contributed by atoms with Crippen molar-refractivity contribution in [2.45, 2.75) is 6.92 Å². The lowest BCUT2D eigenvalue weighted by Crippen LogP contribution is -2.35. The largest absolute Gasteiger partial charge is 0.339 e. The van der Waals surface area contributed by atoms with Gasteiger partial charge in [0.15, 0.2) is 0 Å². The number of H-pyrrole nitrogens is 1. The molecule has 6 nitrogen and oxygen atoms in total. The first kappa shape index (κ1) is 14.6. The highest BCUT2D eigenvalue weighted by Gasteiger charge is 2.13. The van der Waals surface area contributed by atoms with Crippen molar-refractivity contribution in [2.75, 3.05) is 10.7 Å². The monoisotopic (exact) mass is 308 g/mol. The fourth-order valence-electron chi connectivity index (χ4n) is 2.27. The minimum absolute atomic E-state index is 0.299. The lowest BCUT2D eigenvalue weighted by molar-refractivity contribution is 0.259. The maximum absolute atomic E-state index is 12.2. The van der Waals surface area contributed by atoms with Crippen molar-refractivity contribution < 1.29 is 4.79 Å². The Labute approximate surface area is 132 Å². The molecule has 0 unspecified atom stereocenters. The number of nitrogens with one attached hydrogen (secondary N) is 3. The van der Waals surface area contributed by atoms with Crippen molar-refractivity contribution >= 4 is 11.7 Å². The Balaban J connectivity index is 1.81. The van der Waals surface area contributed by atoms with Crippen LogP contribution in [0.2, 0.25) is 0 Å². The lowest BCUT2D eigenvalue weighted by atomic mass is 10.1. The molecule has 3 N–H and O–H groups in total. The van der Waals surface area contributed by atoms with Crippen molar-refractivity contribution in [3.8, 4) is 11.3 Å². The smallest absolute Gasteiger partial charge is 0.307 e. The molecule has 0 radical (unpaired) electrons. The third kappa shape index (κ3) is 3.16. The predicted molar refractivity (Wildman–Crippen MR) is 90.0 cm³/mol. The van der Waals surface area contributed by atoms with Gasteiger partial charge < -0.3 is 5.32 Å². The summed E-state index contributed by atoms with van der Waals surface area (Å²) in [5, 5.41) is 5.57. The normalized spacial score (nSPS) is 10.3. The van der Waals surface area contributed by atoms with Crippen LogP contribution in [-0.4, -0.2) is 15.9 Å². The SMILES string of the molecule is Cc1c(-c2ccccc2)[nH]n(NC(=O)Nc2ccccc2)c1=O. The van der Waals surface area contributed by atoms with E-state index >= 15 is 0 Å². The Morgan fingerprint density at radius 2 is 1.61 bits per heavy atom. The van der Waals surface area contributed by atoms with E-state index in [0.29, 0.717) is 16.9 Å². The topological polar surface area (TPSA) is 78.9 Å². The number of rotatable bonds is 3. The number of amides is 2. The standard InChI is InChI=1S/C17H16N4O2/c1-12-15(13-8-4-2-5-9-13)19-21(16(12)22)20-17(23)18-14-10-6-3-7-11-14/h2-11,19H,1H3,(H2,18,20,23). The molecule has 1 aromatic heterocycles. The average molecular weight is 308 g/mol. The first-order chi connectivity index (χ1) is 11.1. The lowest BCUT2D eigenvalue weighted by Gasteiger charge is -2.07. The van der Waals surface area contributed by atoms with Crippen molar-refractivity contribution in [1.29, 1.82) is 0 Å². The molecule has 0 spiro atoms. The third-order valence-electron chi connectivity index (χ3n) is 3.43. The summed E-state index contributed by atoms with van der Waals surface area (Å²) in [6.07, 6.45) is 0. The van der Waals surface area contributed by atoms with Gasteiger partial charge in [-0.3, -0.25) is 9.89 Å². The number of hydrogen-bond acceptors (Lipinski definition) is 2. The van der Waals surface area contributed by atoms with Crippen LogP contribution in [0.5, 0.6) is 0 Å². The van der Waals surface area contributed by atoms with Gasteiger partial charge in [-0.05, 0) is 24.6 Å². The van der Waals surface area contributed by atoms with Crippen LogP contribution in [0.1, 0.15) is 5.56 Å². The van der Waals surface area contributed by atoms with E-state index in [9.17, 15) is 9.59 Å². The zero-order valence-corrected chi connectivity index (χ0v) is 12.5. The minimum Gasteiger partial charge on any atom is -0.307 e. The molecule has 0 aliphatic carbocycles. The second kappa shape index (κ2) is 6.23. The zero-order valence-electron chi connectivity index (χ0n) is 12.5. The van der Waals surface area contributed by atoms with Gasteiger partial charge in [0, 0.05) is 11.3 Å². The van der Waals surface area contributed by atoms with Crippen LogP contribution in [0.4, 0.5) is 10.5 Å². The van der Waals surface area contributed by atoms with Crippen LogP contribution >= 0.6 is 0 Å². The molecule has 0 atom stereocenters. The molecular weight excluding hydrogens is 292 g/mol. The number of aromatic amines is 1. The van der Waals surface area contributed by atoms with Gasteiger partial charge in [-0.15, -0.1) is 0 Å². The number of anilines is 1. The minimum atomic E-state index is -0.501. The summed E-state index contributed by atoms with van der Waals surface area (Å²) in [5.41, 5.74) is 4.93. The molecule has 23 heavy (non-hydrogen) atoms. The summed E-state index contributed by atoms with van der Waals surface area (Å²) >= 11 is 0. The van der Waals surface area contributed by atoms with Gasteiger partial charge in [0.25, 0.3) is 5.56 Å². The summed E-state index contributed by atoms with van der Waals surface area (Å²) < 4.78 is 0. The third-order valence-corrected chi connectivity index (χ3v) is 3.43. The van der Waals surface area contributed by atoms with Crippen LogP contribution in [-0.2, 0) is 0 Å². The van der Waals surface area contributed by atoms with Crippen molar-refractivity contribution in [2.24, 2.45) is 0 Å². The highest BCUT2D eigenvalue weighted by molar-refractivity contribution is 5.94. The van der Waals surface area contributed by atoms with Crippen LogP contribution in [0.15, 0.2) is 65.5 Å². The molecule has 0 fully saturated rings. The molecule has 6 heteroatoms. The average Bonchev–Trinajstić information content (AvgIpc) is 2.85. The Hall–Kier alpha value is -3.28. The molecule has 0 aliphatic rings. The number of carbonyl (C=O) groups is 1. The van der Waals surface area contributed by atoms with E-state index < -0.39 is 6.03 Å². The van der Waals surface area contributed by atoms with E-state index in [1.807, 2.05) is 48.5 Å². The molecular formula is C17H16N4O2. The van der Waals surface area contributed by atoms with Gasteiger partial charge in [0.2, 0.25) is 0 Å². The maximum Gasteiger partial charge on any atom is 0.339 e. The Kier molecular flexibility index (Phi) is 3.97. The van der Waals surface area contributed by atoms with Gasteiger partial charge in [0.1, 0.15) is 0 Å². The van der Waals surface area contributed by atoms with Crippen molar-refractivity contribution in [1.82, 2.24) is 9.89 Å². The van der Waals surface area contributed by atoms with Gasteiger partial charge in [-0.2, -0.15) is 4.79 Å². The Morgan fingerprint density at radius 3 is 2.26 bits per heavy atom. The van der Waals surface area contributed by atoms with E-state index in [-0.39, 0.29) is 5.56 Å². The zero-order chi connectivity index (χ0) is 16.2. The predicted octanol–water partition coefficient (Wildman–Crippen LogP) is 2.93. The van der Waals surface area contributed by atoms with Crippen LogP contribution in [0, 0.1) is 6.92 Å². The van der Waals surface area contributed by atoms with Crippen LogP contribution < -0.4 is 16.3 Å². The fraction of sp³-hybridized carbons (Fsp3) is 0.0588. The number of para-hydroxylation sites is 1. The molecule has 1 heterocycles. The van der Waals surface area contributed by atoms with Crippen molar-refractivity contribution in [3.05, 3.63) is 76.6 Å². The van der Waals surface area contributed by atoms with E-state index in [1.54, 1.807) is 19.1 Å². The Morgan fingerprint density at radius 1 is 1.00 bits per heavy atom. The van der Waals surface area contributed by atoms with E-state index in [4.69, 9.17) is 0 Å². The van der Waals surface area contributed by atoms with E-state index in [1.165, 1.54) is 0 Å². The van der Waals surface area contributed by atoms with Gasteiger partial charge >= 0.3 is 6.03 Å². The number of hydrogen-bond donors (Lipinski definition) is 3. The van der Waals surface area contributed by atoms with E-state index in [2.05, 4.69) is 15.8 Å². The van der Waals surface area contributed by atoms with Crippen molar-refractivity contribution in [3.63, 3.8) is 0 Å². The molecule has 116 valence electrons. The number of carbonyl (C=O) groups excluding carboxylic acids is 1. The number of nitrogens with zero attached hydrogens (tertiary/aromatic N) is 1. The van der Waals surface area contributed by atoms with Gasteiger partial charge in [0.05, 0.1) is 5.69 Å². The number of benzene rings is 2. The highest BCUT2D eigenvalue weighted by Crippen LogP contribution is 2.17. The molecule has 2 amide bonds. The summed E-state index contributed by atoms with van der Waals surface area (Å²) in [4.78, 5) is 25.3. The molecule has 0 saturated carbocycles. The van der Waals surface area contributed by atoms with Crippen LogP contribution in [0.25, 0.3) is 11.3 Å². The summed E-state index contributed by atoms with van der Waals surface area (Å²) in [6.45, 7) is 1.72. The molecule has 0 aliphatic heterocycles. The maximum atomic E-state index is 12.2. The first-order valence-electron chi connectivity index (χ1n) is 7.15. The second-order valence-corrected chi connectivity index (χ2v) is 5.05. The second-order valence-electron chi connectivity index (χ2n) is 5.05. The molecule has 3 aromatic rings. The van der Waals surface area contributed by atoms with Gasteiger partial charge in [-0.1, -0.05) is 48.5 Å². The fourth-order valence-corrected chi connectivity index (χ4v) is 2.27. The molecule has 3 rings (SSSR count). The summed E-state index contributed by atoms with van der Waals surface area (Å²) in [7, 11) is 0. The number of urea groups is 1. The number of aromatic nitrogens is 2. The molecule has 0 bridgehead atoms. The highest BCUT2D eigenvalue weighted by atomic mass is 16.2. The van der Waals surface area contributed by atoms with Crippen LogP contribution in [0.3, 0.4) is 0 Å².